The molecule has 0 aromatic carbocycles. The van der Waals surface area contributed by atoms with Gasteiger partial charge in [0, 0.05) is 9.47 Å². The molecule has 0 radical (unpaired) electrons. The molecule has 0 saturated heterocycles. The minimum Gasteiger partial charge on any atom is -0.219 e. The van der Waals surface area contributed by atoms with Crippen molar-refractivity contribution in [1.82, 2.24) is 0 Å². The normalized spacial score (nSPS) is 8.40. The van der Waals surface area contributed by atoms with Gasteiger partial charge >= 0.3 is 0 Å². The fourth-order valence-corrected chi connectivity index (χ4v) is 0.0832. The van der Waals surface area contributed by atoms with Gasteiger partial charge in [-0.25, -0.2) is 5.26 Å². The minimum absolute atomic E-state index is 1.68. The Morgan fingerprint density at radius 2 is 1.50 bits per heavy atom. The lowest BCUT2D eigenvalue weighted by atomic mass is 12.0. The van der Waals surface area contributed by atoms with Crippen molar-refractivity contribution in [2.45, 2.75) is 0 Å². The van der Waals surface area contributed by atoms with E-state index in [9.17, 15) is 0 Å². The maximum absolute atomic E-state index is 7.34. The number of rotatable bonds is 5. The predicted octanol–water partition coefficient (Wildman–Crippen LogP) is 0.415. The number of hydrogen-bond donors (Lipinski definition) is 1. The minimum atomic E-state index is 1.68. The maximum Gasteiger partial charge on any atom is 0.0457 e. The van der Waals surface area contributed by atoms with E-state index in [1.54, 1.807) is 9.47 Å². The van der Waals surface area contributed by atoms with Gasteiger partial charge in [-0.15, -0.1) is 9.24 Å². The summed E-state index contributed by atoms with van der Waals surface area (Å²) in [5.74, 6) is 0. The molecule has 2 atom stereocenters. The van der Waals surface area contributed by atoms with E-state index in [1.807, 2.05) is 6.66 Å². The third kappa shape index (κ3) is 15.8. The van der Waals surface area contributed by atoms with Gasteiger partial charge in [-0.2, -0.15) is 4.67 Å². The van der Waals surface area contributed by atoms with Crippen LogP contribution in [0.15, 0.2) is 0 Å². The Bertz CT molecular complexity index is 36.6. The van der Waals surface area contributed by atoms with Gasteiger partial charge in [-0.05, 0) is 25.2 Å². The fourth-order valence-electron chi connectivity index (χ4n) is 0.0511. The zero-order valence-electron chi connectivity index (χ0n) is 5.05. The molecular weight excluding hydrogens is 186 g/mol. The van der Waals surface area contributed by atoms with Crippen molar-refractivity contribution in [1.29, 1.82) is 0 Å². The van der Waals surface area contributed by atoms with Gasteiger partial charge in [0.1, 0.15) is 0 Å². The molecule has 0 aliphatic carbocycles. The van der Waals surface area contributed by atoms with Gasteiger partial charge in [0.05, 0.1) is 0 Å². The second-order valence-electron chi connectivity index (χ2n) is 0.443. The highest BCUT2D eigenvalue weighted by Gasteiger charge is 1.85. The SMILES string of the molecule is CP.OOOOOOOP. The first-order valence-electron chi connectivity index (χ1n) is 1.83. The van der Waals surface area contributed by atoms with Crippen LogP contribution < -0.4 is 0 Å². The lowest BCUT2D eigenvalue weighted by Crippen LogP contribution is -1.94. The van der Waals surface area contributed by atoms with Crippen molar-refractivity contribution >= 4 is 18.7 Å². The van der Waals surface area contributed by atoms with E-state index in [1.165, 1.54) is 0 Å². The molecule has 1 N–H and O–H groups in total. The summed E-state index contributed by atoms with van der Waals surface area (Å²) in [4.78, 5) is 0. The molecule has 0 heterocycles. The van der Waals surface area contributed by atoms with Crippen LogP contribution in [0.2, 0.25) is 0 Å². The Labute approximate surface area is 61.5 Å². The lowest BCUT2D eigenvalue weighted by Gasteiger charge is -1.91. The van der Waals surface area contributed by atoms with Crippen molar-refractivity contribution < 1.29 is 35.1 Å². The molecule has 0 saturated carbocycles. The molecule has 64 valence electrons. The highest BCUT2D eigenvalue weighted by atomic mass is 31.0. The summed E-state index contributed by atoms with van der Waals surface area (Å²) in [6, 6.07) is 0. The van der Waals surface area contributed by atoms with Crippen molar-refractivity contribution in [3.63, 3.8) is 0 Å². The summed E-state index contributed by atoms with van der Waals surface area (Å²) in [6.07, 6.45) is 0. The Balaban J connectivity index is 0. The first kappa shape index (κ1) is 13.2. The van der Waals surface area contributed by atoms with Gasteiger partial charge in [0.15, 0.2) is 0 Å². The van der Waals surface area contributed by atoms with Gasteiger partial charge in [-0.1, -0.05) is 6.66 Å². The van der Waals surface area contributed by atoms with Crippen molar-refractivity contribution in [3.8, 4) is 0 Å². The van der Waals surface area contributed by atoms with Crippen LogP contribution in [0.1, 0.15) is 0 Å². The molecule has 0 spiro atoms. The monoisotopic (exact) mass is 194 g/mol. The highest BCUT2D eigenvalue weighted by molar-refractivity contribution is 7.15. The molecule has 0 aliphatic rings. The van der Waals surface area contributed by atoms with Gasteiger partial charge in [0.2, 0.25) is 0 Å². The van der Waals surface area contributed by atoms with E-state index < -0.39 is 0 Å². The van der Waals surface area contributed by atoms with Crippen molar-refractivity contribution in [2.75, 3.05) is 6.66 Å². The van der Waals surface area contributed by atoms with Crippen LogP contribution >= 0.6 is 18.7 Å². The van der Waals surface area contributed by atoms with E-state index >= 15 is 0 Å². The Morgan fingerprint density at radius 1 is 1.00 bits per heavy atom. The third-order valence-electron chi connectivity index (χ3n) is 0.153. The zero-order chi connectivity index (χ0) is 8.24. The average molecular weight is 194 g/mol. The number of hydrogen-bond acceptors (Lipinski definition) is 7. The lowest BCUT2D eigenvalue weighted by molar-refractivity contribution is -0.778. The van der Waals surface area contributed by atoms with Crippen LogP contribution in [0.3, 0.4) is 0 Å². The molecule has 0 aliphatic heterocycles. The van der Waals surface area contributed by atoms with E-state index in [-0.39, 0.29) is 0 Å². The predicted molar refractivity (Wildman–Crippen MR) is 34.5 cm³/mol. The Morgan fingerprint density at radius 3 is 1.90 bits per heavy atom. The van der Waals surface area contributed by atoms with E-state index in [4.69, 9.17) is 5.26 Å². The third-order valence-corrected chi connectivity index (χ3v) is 0.232. The van der Waals surface area contributed by atoms with E-state index in [0.717, 1.165) is 0 Å². The van der Waals surface area contributed by atoms with Gasteiger partial charge < -0.3 is 0 Å². The van der Waals surface area contributed by atoms with E-state index in [2.05, 4.69) is 39.1 Å². The molecule has 9 heteroatoms. The summed E-state index contributed by atoms with van der Waals surface area (Å²) >= 11 is 0. The largest absolute Gasteiger partial charge is 0.219 e. The quantitative estimate of drug-likeness (QED) is 0.294. The van der Waals surface area contributed by atoms with Crippen LogP contribution in [0.4, 0.5) is 0 Å². The molecule has 7 nitrogen and oxygen atoms in total. The molecule has 10 heavy (non-hydrogen) atoms. The molecule has 0 aromatic rings. The summed E-state index contributed by atoms with van der Waals surface area (Å²) in [5, 5.41) is 23.9. The molecule has 0 aromatic heterocycles. The van der Waals surface area contributed by atoms with Gasteiger partial charge in [-0.3, -0.25) is 0 Å². The fraction of sp³-hybridized carbons (Fsp3) is 1.00. The van der Waals surface area contributed by atoms with Crippen molar-refractivity contribution in [3.05, 3.63) is 0 Å². The molecule has 0 fully saturated rings. The smallest absolute Gasteiger partial charge is 0.0457 e. The molecule has 0 amide bonds. The van der Waals surface area contributed by atoms with Crippen LogP contribution in [0.25, 0.3) is 0 Å². The molecule has 2 unspecified atom stereocenters. The van der Waals surface area contributed by atoms with Crippen LogP contribution in [-0.2, 0) is 29.9 Å². The average Bonchev–Trinajstić information content (AvgIpc) is 2.02. The van der Waals surface area contributed by atoms with Crippen LogP contribution in [0.5, 0.6) is 0 Å². The molecule has 0 bridgehead atoms. The standard InChI is InChI=1S/CH5P.H3O7P/c1-2;1-2-3-4-5-6-7-8/h2H2,1H3;1H,8H2. The first-order valence-corrected chi connectivity index (χ1v) is 3.46. The highest BCUT2D eigenvalue weighted by Crippen LogP contribution is 1.88. The maximum atomic E-state index is 7.34. The Hall–Kier alpha value is 0.580. The second-order valence-corrected chi connectivity index (χ2v) is 0.635. The summed E-state index contributed by atoms with van der Waals surface area (Å²) in [6.45, 7) is 1.92. The zero-order valence-corrected chi connectivity index (χ0v) is 7.36. The Kier molecular flexibility index (Phi) is 21.5. The van der Waals surface area contributed by atoms with Crippen molar-refractivity contribution in [2.24, 2.45) is 0 Å². The van der Waals surface area contributed by atoms with E-state index in [0.29, 0.717) is 0 Å². The summed E-state index contributed by atoms with van der Waals surface area (Å²) < 4.78 is 3.74. The molecule has 0 rings (SSSR count). The summed E-state index contributed by atoms with van der Waals surface area (Å²) in [7, 11) is 4.10. The van der Waals surface area contributed by atoms with Crippen LogP contribution in [0, 0.1) is 0 Å². The van der Waals surface area contributed by atoms with Gasteiger partial charge in [0.25, 0.3) is 0 Å². The second kappa shape index (κ2) is 16.3. The van der Waals surface area contributed by atoms with Crippen LogP contribution in [-0.4, -0.2) is 11.9 Å². The molecular formula is CH8O7P2. The topological polar surface area (TPSA) is 75.6 Å². The summed E-state index contributed by atoms with van der Waals surface area (Å²) in [5.41, 5.74) is 0. The first-order chi connectivity index (χ1) is 4.91.